The van der Waals surface area contributed by atoms with Gasteiger partial charge in [0.2, 0.25) is 0 Å². The van der Waals surface area contributed by atoms with Crippen molar-refractivity contribution in [3.8, 4) is 0 Å². The van der Waals surface area contributed by atoms with Crippen molar-refractivity contribution >= 4 is 5.82 Å². The summed E-state index contributed by atoms with van der Waals surface area (Å²) in [4.78, 5) is 2.29. The lowest BCUT2D eigenvalue weighted by molar-refractivity contribution is 0.110. The number of aromatic nitrogens is 2. The molecule has 0 saturated carbocycles. The van der Waals surface area contributed by atoms with Crippen molar-refractivity contribution < 1.29 is 5.11 Å². The van der Waals surface area contributed by atoms with Gasteiger partial charge in [0.15, 0.2) is 0 Å². The van der Waals surface area contributed by atoms with Crippen LogP contribution in [0.3, 0.4) is 0 Å². The lowest BCUT2D eigenvalue weighted by Gasteiger charge is -2.33. The Hall–Kier alpha value is -1.20. The topological polar surface area (TPSA) is 61.3 Å². The van der Waals surface area contributed by atoms with E-state index in [0.29, 0.717) is 6.04 Å². The lowest BCUT2D eigenvalue weighted by Crippen LogP contribution is -2.44. The van der Waals surface area contributed by atoms with E-state index in [-0.39, 0.29) is 6.10 Å². The van der Waals surface area contributed by atoms with Crippen molar-refractivity contribution in [3.05, 3.63) is 18.3 Å². The second kappa shape index (κ2) is 5.93. The van der Waals surface area contributed by atoms with E-state index >= 15 is 0 Å². The first-order valence-corrected chi connectivity index (χ1v) is 6.18. The molecule has 5 heteroatoms. The Morgan fingerprint density at radius 1 is 1.65 bits per heavy atom. The predicted octanol–water partition coefficient (Wildman–Crippen LogP) is 0.734. The molecule has 0 amide bonds. The molecule has 94 valence electrons. The van der Waals surface area contributed by atoms with Crippen molar-refractivity contribution in [2.75, 3.05) is 25.0 Å². The highest BCUT2D eigenvalue weighted by Crippen LogP contribution is 2.14. The standard InChI is InChI=1S/C12H20N4O/c1-10(17)8-16-7-3-4-11(9-16)14-12-5-2-6-13-15-12/h2,5-6,10-11,17H,3-4,7-9H2,1H3,(H,14,15)/t10-,11-/m1/s1. The number of aliphatic hydroxyl groups is 1. The number of rotatable bonds is 4. The molecule has 1 fully saturated rings. The largest absolute Gasteiger partial charge is 0.392 e. The third-order valence-corrected chi connectivity index (χ3v) is 2.95. The molecule has 0 radical (unpaired) electrons. The number of hydrogen-bond donors (Lipinski definition) is 2. The molecule has 2 atom stereocenters. The van der Waals surface area contributed by atoms with Crippen LogP contribution >= 0.6 is 0 Å². The molecule has 5 nitrogen and oxygen atoms in total. The van der Waals surface area contributed by atoms with Crippen molar-refractivity contribution in [2.45, 2.75) is 31.9 Å². The van der Waals surface area contributed by atoms with Crippen LogP contribution in [0.25, 0.3) is 0 Å². The summed E-state index contributed by atoms with van der Waals surface area (Å²) in [5, 5.41) is 20.7. The predicted molar refractivity (Wildman–Crippen MR) is 66.8 cm³/mol. The van der Waals surface area contributed by atoms with Gasteiger partial charge in [0.25, 0.3) is 0 Å². The highest BCUT2D eigenvalue weighted by atomic mass is 16.3. The summed E-state index contributed by atoms with van der Waals surface area (Å²) in [6.07, 6.45) is 3.72. The first-order valence-electron chi connectivity index (χ1n) is 6.18. The van der Waals surface area contributed by atoms with Crippen LogP contribution in [0.1, 0.15) is 19.8 Å². The molecule has 1 aliphatic rings. The fourth-order valence-electron chi connectivity index (χ4n) is 2.30. The van der Waals surface area contributed by atoms with Gasteiger partial charge in [-0.15, -0.1) is 5.10 Å². The van der Waals surface area contributed by atoms with Crippen molar-refractivity contribution in [1.82, 2.24) is 15.1 Å². The second-order valence-corrected chi connectivity index (χ2v) is 4.70. The zero-order valence-corrected chi connectivity index (χ0v) is 10.2. The molecule has 0 aromatic carbocycles. The normalized spacial score (nSPS) is 23.3. The Labute approximate surface area is 102 Å². The maximum absolute atomic E-state index is 9.40. The molecule has 1 aliphatic heterocycles. The van der Waals surface area contributed by atoms with E-state index in [1.807, 2.05) is 19.1 Å². The van der Waals surface area contributed by atoms with E-state index in [9.17, 15) is 5.11 Å². The van der Waals surface area contributed by atoms with Gasteiger partial charge in [0, 0.05) is 25.3 Å². The lowest BCUT2D eigenvalue weighted by atomic mass is 10.1. The number of nitrogens with one attached hydrogen (secondary N) is 1. The van der Waals surface area contributed by atoms with Crippen LogP contribution in [0.4, 0.5) is 5.82 Å². The Bertz CT molecular complexity index is 331. The van der Waals surface area contributed by atoms with Crippen molar-refractivity contribution in [1.29, 1.82) is 0 Å². The van der Waals surface area contributed by atoms with Gasteiger partial charge in [-0.3, -0.25) is 4.90 Å². The fourth-order valence-corrected chi connectivity index (χ4v) is 2.30. The Morgan fingerprint density at radius 3 is 3.24 bits per heavy atom. The third-order valence-electron chi connectivity index (χ3n) is 2.95. The molecule has 0 aliphatic carbocycles. The second-order valence-electron chi connectivity index (χ2n) is 4.70. The number of anilines is 1. The summed E-state index contributed by atoms with van der Waals surface area (Å²) in [6, 6.07) is 4.21. The zero-order chi connectivity index (χ0) is 12.1. The van der Waals surface area contributed by atoms with Gasteiger partial charge in [-0.25, -0.2) is 0 Å². The van der Waals surface area contributed by atoms with Gasteiger partial charge in [-0.1, -0.05) is 0 Å². The van der Waals surface area contributed by atoms with Gasteiger partial charge in [0.1, 0.15) is 5.82 Å². The van der Waals surface area contributed by atoms with E-state index in [1.165, 1.54) is 0 Å². The molecule has 0 spiro atoms. The third kappa shape index (κ3) is 3.94. The monoisotopic (exact) mass is 236 g/mol. The van der Waals surface area contributed by atoms with Gasteiger partial charge < -0.3 is 10.4 Å². The van der Waals surface area contributed by atoms with Crippen LogP contribution in [0.5, 0.6) is 0 Å². The van der Waals surface area contributed by atoms with Crippen molar-refractivity contribution in [3.63, 3.8) is 0 Å². The van der Waals surface area contributed by atoms with Gasteiger partial charge in [-0.05, 0) is 38.4 Å². The first-order chi connectivity index (χ1) is 8.24. The highest BCUT2D eigenvalue weighted by molar-refractivity contribution is 5.33. The van der Waals surface area contributed by atoms with Crippen LogP contribution in [0, 0.1) is 0 Å². The minimum Gasteiger partial charge on any atom is -0.392 e. The SMILES string of the molecule is C[C@@H](O)CN1CCC[C@@H](Nc2cccnn2)C1. The summed E-state index contributed by atoms with van der Waals surface area (Å²) >= 11 is 0. The molecule has 1 aromatic heterocycles. The van der Waals surface area contributed by atoms with Crippen molar-refractivity contribution in [2.24, 2.45) is 0 Å². The van der Waals surface area contributed by atoms with E-state index in [2.05, 4.69) is 20.4 Å². The molecule has 0 unspecified atom stereocenters. The van der Waals surface area contributed by atoms with Gasteiger partial charge in [0.05, 0.1) is 6.10 Å². The summed E-state index contributed by atoms with van der Waals surface area (Å²) in [5.41, 5.74) is 0. The Kier molecular flexibility index (Phi) is 4.28. The smallest absolute Gasteiger partial charge is 0.148 e. The molecular formula is C12H20N4O. The van der Waals surface area contributed by atoms with Gasteiger partial charge >= 0.3 is 0 Å². The average molecular weight is 236 g/mol. The maximum atomic E-state index is 9.40. The minimum atomic E-state index is -0.259. The quantitative estimate of drug-likeness (QED) is 0.807. The molecule has 0 bridgehead atoms. The summed E-state index contributed by atoms with van der Waals surface area (Å²) in [5.74, 6) is 0.830. The fraction of sp³-hybridized carbons (Fsp3) is 0.667. The van der Waals surface area contributed by atoms with Crippen LogP contribution in [-0.4, -0.2) is 52.0 Å². The van der Waals surface area contributed by atoms with Crippen LogP contribution < -0.4 is 5.32 Å². The van der Waals surface area contributed by atoms with Crippen LogP contribution in [-0.2, 0) is 0 Å². The molecule has 2 N–H and O–H groups in total. The summed E-state index contributed by atoms with van der Waals surface area (Å²) in [6.45, 7) is 4.61. The van der Waals surface area contributed by atoms with E-state index in [0.717, 1.165) is 38.3 Å². The Morgan fingerprint density at radius 2 is 2.53 bits per heavy atom. The minimum absolute atomic E-state index is 0.259. The number of piperidine rings is 1. The maximum Gasteiger partial charge on any atom is 0.148 e. The number of hydrogen-bond acceptors (Lipinski definition) is 5. The molecule has 1 saturated heterocycles. The average Bonchev–Trinajstić information content (AvgIpc) is 2.30. The molecule has 2 heterocycles. The number of likely N-dealkylation sites (tertiary alicyclic amines) is 1. The molecule has 1 aromatic rings. The summed E-state index contributed by atoms with van der Waals surface area (Å²) < 4.78 is 0. The Balaban J connectivity index is 1.85. The van der Waals surface area contributed by atoms with Gasteiger partial charge in [-0.2, -0.15) is 5.10 Å². The summed E-state index contributed by atoms with van der Waals surface area (Å²) in [7, 11) is 0. The molecular weight excluding hydrogens is 216 g/mol. The first kappa shape index (κ1) is 12.3. The number of aliphatic hydroxyl groups excluding tert-OH is 1. The number of β-amino-alcohol motifs (C(OH)–C–C–N with tert-alkyl or cyclic N) is 1. The van der Waals surface area contributed by atoms with E-state index in [4.69, 9.17) is 0 Å². The zero-order valence-electron chi connectivity index (χ0n) is 10.2. The highest BCUT2D eigenvalue weighted by Gasteiger charge is 2.20. The number of nitrogens with zero attached hydrogens (tertiary/aromatic N) is 3. The van der Waals surface area contributed by atoms with E-state index < -0.39 is 0 Å². The molecule has 17 heavy (non-hydrogen) atoms. The van der Waals surface area contributed by atoms with Crippen LogP contribution in [0.15, 0.2) is 18.3 Å². The molecule has 2 rings (SSSR count). The van der Waals surface area contributed by atoms with Crippen LogP contribution in [0.2, 0.25) is 0 Å². The van der Waals surface area contributed by atoms with E-state index in [1.54, 1.807) is 6.20 Å².